The summed E-state index contributed by atoms with van der Waals surface area (Å²) in [6.07, 6.45) is 0.674. The summed E-state index contributed by atoms with van der Waals surface area (Å²) >= 11 is 0. The van der Waals surface area contributed by atoms with E-state index in [0.29, 0.717) is 6.42 Å². The average molecular weight is 217 g/mol. The molecule has 0 spiro atoms. The number of nitrogens with one attached hydrogen (secondary N) is 1. The van der Waals surface area contributed by atoms with E-state index in [4.69, 9.17) is 4.74 Å². The summed E-state index contributed by atoms with van der Waals surface area (Å²) in [5.74, 6) is -1.31. The first-order valence-electron chi connectivity index (χ1n) is 5.04. The van der Waals surface area contributed by atoms with Gasteiger partial charge in [-0.15, -0.1) is 0 Å². The molecule has 1 heterocycles. The number of rotatable bonds is 2. The van der Waals surface area contributed by atoms with E-state index in [1.807, 2.05) is 37.3 Å². The molecule has 0 radical (unpaired) electrons. The summed E-state index contributed by atoms with van der Waals surface area (Å²) in [6, 6.07) is 9.50. The van der Waals surface area contributed by atoms with Gasteiger partial charge in [-0.2, -0.15) is 0 Å². The normalized spacial score (nSPS) is 18.1. The van der Waals surface area contributed by atoms with Gasteiger partial charge in [0.05, 0.1) is 0 Å². The molecule has 1 aromatic carbocycles. The minimum atomic E-state index is -0.850. The maximum atomic E-state index is 11.0. The molecule has 1 fully saturated rings. The minimum absolute atomic E-state index is 0.253. The van der Waals surface area contributed by atoms with E-state index in [0.717, 1.165) is 11.1 Å². The predicted molar refractivity (Wildman–Crippen MR) is 57.9 cm³/mol. The van der Waals surface area contributed by atoms with Gasteiger partial charge in [-0.1, -0.05) is 37.3 Å². The highest BCUT2D eigenvalue weighted by molar-refractivity contribution is 6.35. The van der Waals surface area contributed by atoms with Crippen molar-refractivity contribution in [2.45, 2.75) is 13.3 Å². The second-order valence-corrected chi connectivity index (χ2v) is 3.37. The molecular weight excluding hydrogens is 206 g/mol. The largest absolute Gasteiger partial charge is 0.403 e. The van der Waals surface area contributed by atoms with Crippen LogP contribution < -0.4 is 5.32 Å². The monoisotopic (exact) mass is 217 g/mol. The van der Waals surface area contributed by atoms with Crippen molar-refractivity contribution in [3.8, 4) is 0 Å². The Bertz CT molecular complexity index is 444. The van der Waals surface area contributed by atoms with Crippen LogP contribution in [0.4, 0.5) is 0 Å². The molecule has 1 aliphatic heterocycles. The molecule has 0 bridgehead atoms. The molecule has 1 N–H and O–H groups in total. The molecular formula is C12H11NO3. The van der Waals surface area contributed by atoms with Gasteiger partial charge in [-0.25, -0.2) is 4.79 Å². The van der Waals surface area contributed by atoms with E-state index in [1.54, 1.807) is 0 Å². The van der Waals surface area contributed by atoms with Crippen molar-refractivity contribution in [3.63, 3.8) is 0 Å². The van der Waals surface area contributed by atoms with Crippen molar-refractivity contribution in [1.29, 1.82) is 0 Å². The molecule has 1 aromatic rings. The number of amides is 1. The fraction of sp³-hybridized carbons (Fsp3) is 0.167. The third-order valence-electron chi connectivity index (χ3n) is 2.36. The number of cyclic esters (lactones) is 1. The highest BCUT2D eigenvalue weighted by Gasteiger charge is 2.29. The number of esters is 1. The first-order chi connectivity index (χ1) is 7.72. The van der Waals surface area contributed by atoms with Gasteiger partial charge in [0.15, 0.2) is 0 Å². The molecule has 82 valence electrons. The van der Waals surface area contributed by atoms with Crippen LogP contribution in [0.25, 0.3) is 5.57 Å². The second kappa shape index (κ2) is 4.18. The summed E-state index contributed by atoms with van der Waals surface area (Å²) in [5, 5.41) is 2.42. The molecule has 4 heteroatoms. The van der Waals surface area contributed by atoms with Crippen LogP contribution in [0.2, 0.25) is 0 Å². The maximum absolute atomic E-state index is 11.0. The summed E-state index contributed by atoms with van der Waals surface area (Å²) in [7, 11) is 0. The lowest BCUT2D eigenvalue weighted by molar-refractivity contribution is -0.145. The Morgan fingerprint density at radius 1 is 1.25 bits per heavy atom. The summed E-state index contributed by atoms with van der Waals surface area (Å²) in [5.41, 5.74) is 1.76. The lowest BCUT2D eigenvalue weighted by Gasteiger charge is -2.07. The van der Waals surface area contributed by atoms with Crippen LogP contribution in [0, 0.1) is 0 Å². The van der Waals surface area contributed by atoms with Gasteiger partial charge >= 0.3 is 11.9 Å². The topological polar surface area (TPSA) is 55.4 Å². The summed E-state index contributed by atoms with van der Waals surface area (Å²) in [4.78, 5) is 22.0. The molecule has 0 aliphatic carbocycles. The highest BCUT2D eigenvalue weighted by Crippen LogP contribution is 2.23. The smallest absolute Gasteiger partial charge is 0.402 e. The predicted octanol–water partition coefficient (Wildman–Crippen LogP) is 1.44. The van der Waals surface area contributed by atoms with Crippen LogP contribution in [0.1, 0.15) is 18.9 Å². The van der Waals surface area contributed by atoms with Crippen LogP contribution >= 0.6 is 0 Å². The molecule has 16 heavy (non-hydrogen) atoms. The number of ether oxygens (including phenoxy) is 1. The fourth-order valence-electron chi connectivity index (χ4n) is 1.59. The zero-order valence-electron chi connectivity index (χ0n) is 8.82. The Morgan fingerprint density at radius 3 is 2.44 bits per heavy atom. The van der Waals surface area contributed by atoms with E-state index in [2.05, 4.69) is 5.32 Å². The van der Waals surface area contributed by atoms with Gasteiger partial charge in [-0.3, -0.25) is 10.1 Å². The number of benzene rings is 1. The van der Waals surface area contributed by atoms with Gasteiger partial charge in [0, 0.05) is 5.57 Å². The zero-order chi connectivity index (χ0) is 11.5. The number of carbonyl (C=O) groups excluding carboxylic acids is 2. The molecule has 1 aliphatic rings. The Morgan fingerprint density at radius 2 is 1.94 bits per heavy atom. The van der Waals surface area contributed by atoms with Crippen LogP contribution in [-0.4, -0.2) is 11.9 Å². The second-order valence-electron chi connectivity index (χ2n) is 3.37. The van der Waals surface area contributed by atoms with Crippen molar-refractivity contribution in [2.75, 3.05) is 0 Å². The van der Waals surface area contributed by atoms with Gasteiger partial charge in [0.1, 0.15) is 0 Å². The number of carbonyl (C=O) groups is 2. The average Bonchev–Trinajstić information content (AvgIpc) is 2.61. The van der Waals surface area contributed by atoms with Crippen molar-refractivity contribution in [2.24, 2.45) is 0 Å². The lowest BCUT2D eigenvalue weighted by Crippen LogP contribution is -2.18. The molecule has 0 aromatic heterocycles. The molecule has 4 nitrogen and oxygen atoms in total. The SMILES string of the molecule is CC/C(=C1\NC(=O)C(=O)O1)c1ccccc1. The molecule has 0 unspecified atom stereocenters. The first kappa shape index (κ1) is 10.4. The van der Waals surface area contributed by atoms with Crippen LogP contribution in [0.3, 0.4) is 0 Å². The van der Waals surface area contributed by atoms with Gasteiger partial charge < -0.3 is 4.74 Å². The Hall–Kier alpha value is -2.10. The number of hydrogen-bond donors (Lipinski definition) is 1. The number of allylic oxidation sites excluding steroid dienone is 1. The van der Waals surface area contributed by atoms with Crippen molar-refractivity contribution in [1.82, 2.24) is 5.32 Å². The first-order valence-corrected chi connectivity index (χ1v) is 5.04. The van der Waals surface area contributed by atoms with Gasteiger partial charge in [-0.05, 0) is 12.0 Å². The standard InChI is InChI=1S/C12H11NO3/c1-2-9(8-6-4-3-5-7-8)11-13-10(14)12(15)16-11/h3-7H,2H2,1H3,(H,13,14)/b11-9-. The van der Waals surface area contributed by atoms with Gasteiger partial charge in [0.2, 0.25) is 5.88 Å². The molecule has 1 amide bonds. The van der Waals surface area contributed by atoms with Gasteiger partial charge in [0.25, 0.3) is 0 Å². The Kier molecular flexibility index (Phi) is 2.72. The molecule has 2 rings (SSSR count). The quantitative estimate of drug-likeness (QED) is 0.602. The highest BCUT2D eigenvalue weighted by atomic mass is 16.6. The molecule has 0 atom stereocenters. The maximum Gasteiger partial charge on any atom is 0.403 e. The molecule has 0 saturated carbocycles. The van der Waals surface area contributed by atoms with E-state index >= 15 is 0 Å². The summed E-state index contributed by atoms with van der Waals surface area (Å²) < 4.78 is 4.86. The van der Waals surface area contributed by atoms with Crippen molar-refractivity contribution < 1.29 is 14.3 Å². The lowest BCUT2D eigenvalue weighted by atomic mass is 10.0. The molecule has 1 saturated heterocycles. The van der Waals surface area contributed by atoms with E-state index in [1.165, 1.54) is 0 Å². The van der Waals surface area contributed by atoms with E-state index in [-0.39, 0.29) is 5.88 Å². The third-order valence-corrected chi connectivity index (χ3v) is 2.36. The van der Waals surface area contributed by atoms with Crippen molar-refractivity contribution >= 4 is 17.4 Å². The third kappa shape index (κ3) is 1.82. The van der Waals surface area contributed by atoms with Crippen molar-refractivity contribution in [3.05, 3.63) is 41.8 Å². The Labute approximate surface area is 92.9 Å². The van der Waals surface area contributed by atoms with E-state index < -0.39 is 11.9 Å². The van der Waals surface area contributed by atoms with E-state index in [9.17, 15) is 9.59 Å². The van der Waals surface area contributed by atoms with Crippen LogP contribution in [-0.2, 0) is 14.3 Å². The summed E-state index contributed by atoms with van der Waals surface area (Å²) in [6.45, 7) is 1.94. The van der Waals surface area contributed by atoms with Crippen LogP contribution in [0.5, 0.6) is 0 Å². The van der Waals surface area contributed by atoms with Crippen LogP contribution in [0.15, 0.2) is 36.2 Å². The fourth-order valence-corrected chi connectivity index (χ4v) is 1.59. The minimum Gasteiger partial charge on any atom is -0.402 e. The zero-order valence-corrected chi connectivity index (χ0v) is 8.82. The number of hydrogen-bond acceptors (Lipinski definition) is 3. The Balaban J connectivity index is 2.40.